The smallest absolute Gasteiger partial charge is 0.249 e. The molecule has 0 radical (unpaired) electrons. The van der Waals surface area contributed by atoms with Crippen LogP contribution in [-0.4, -0.2) is 12.8 Å². The highest BCUT2D eigenvalue weighted by Gasteiger charge is 2.43. The number of nitrogens with zero attached hydrogens (tertiary/aromatic N) is 1. The molecule has 3 aliphatic heterocycles. The Labute approximate surface area is 218 Å². The molecule has 3 heterocycles. The van der Waals surface area contributed by atoms with Gasteiger partial charge in [0.1, 0.15) is 11.5 Å². The third kappa shape index (κ3) is 3.42. The van der Waals surface area contributed by atoms with E-state index in [0.717, 1.165) is 11.5 Å². The van der Waals surface area contributed by atoms with E-state index in [1.54, 1.807) is 0 Å². The molecule has 0 fully saturated rings. The summed E-state index contributed by atoms with van der Waals surface area (Å²) in [5, 5.41) is 0. The zero-order chi connectivity index (χ0) is 24.2. The Morgan fingerprint density at radius 1 is 0.806 bits per heavy atom. The third-order valence-corrected chi connectivity index (χ3v) is 9.44. The average molecular weight is 487 g/mol. The molecule has 4 aromatic rings. The second-order valence-corrected chi connectivity index (χ2v) is 11.6. The van der Waals surface area contributed by atoms with E-state index in [4.69, 9.17) is 4.74 Å². The van der Waals surface area contributed by atoms with Gasteiger partial charge in [0.05, 0.1) is 4.90 Å². The van der Waals surface area contributed by atoms with Crippen LogP contribution < -0.4 is 26.0 Å². The van der Waals surface area contributed by atoms with Gasteiger partial charge < -0.3 is 9.64 Å². The maximum Gasteiger partial charge on any atom is 0.249 e. The molecule has 7 rings (SSSR count). The fourth-order valence-electron chi connectivity index (χ4n) is 6.52. The molecule has 2 unspecified atom stereocenters. The minimum absolute atomic E-state index is 0.220. The monoisotopic (exact) mass is 487 g/mol. The molecular formula is C32H30BNOS. The SMILES string of the molecule is CC1CCCCC(C)N2c3cccc4c3B(c3cccc(Oc5ccccc5)c3S4)c3cccc1c32. The van der Waals surface area contributed by atoms with Gasteiger partial charge in [-0.05, 0) is 72.5 Å². The zero-order valence-electron chi connectivity index (χ0n) is 20.9. The van der Waals surface area contributed by atoms with Crippen LogP contribution in [-0.2, 0) is 0 Å². The molecule has 36 heavy (non-hydrogen) atoms. The van der Waals surface area contributed by atoms with Crippen LogP contribution in [0, 0.1) is 0 Å². The number of hydrogen-bond donors (Lipinski definition) is 0. The summed E-state index contributed by atoms with van der Waals surface area (Å²) in [4.78, 5) is 5.29. The predicted octanol–water partition coefficient (Wildman–Crippen LogP) is 6.98. The molecule has 2 nitrogen and oxygen atoms in total. The quantitative estimate of drug-likeness (QED) is 0.249. The summed E-state index contributed by atoms with van der Waals surface area (Å²) in [7, 11) is 0. The van der Waals surface area contributed by atoms with Crippen LogP contribution in [0.1, 0.15) is 51.0 Å². The van der Waals surface area contributed by atoms with Gasteiger partial charge in [0.15, 0.2) is 0 Å². The molecule has 0 N–H and O–H groups in total. The van der Waals surface area contributed by atoms with Crippen LogP contribution in [0.4, 0.5) is 11.4 Å². The molecule has 4 heteroatoms. The van der Waals surface area contributed by atoms with Crippen LogP contribution in [0.3, 0.4) is 0 Å². The lowest BCUT2D eigenvalue weighted by molar-refractivity contribution is 0.472. The van der Waals surface area contributed by atoms with E-state index in [9.17, 15) is 0 Å². The standard InChI is InChI=1S/C32H30BNOS/c1-21-11-6-7-12-22(2)34-27-18-10-20-29-30(27)33(25-16-8-15-24(21)31(25)34)26-17-9-19-28(32(26)36-29)35-23-13-4-3-5-14-23/h3-5,8-10,13-22H,6-7,11-12H2,1-2H3. The molecule has 4 aromatic carbocycles. The molecule has 2 atom stereocenters. The maximum absolute atomic E-state index is 6.45. The topological polar surface area (TPSA) is 12.5 Å². The van der Waals surface area contributed by atoms with Crippen molar-refractivity contribution in [3.8, 4) is 11.5 Å². The van der Waals surface area contributed by atoms with Crippen LogP contribution in [0.15, 0.2) is 94.7 Å². The second-order valence-electron chi connectivity index (χ2n) is 10.5. The summed E-state index contributed by atoms with van der Waals surface area (Å²) in [5.74, 6) is 2.38. The normalized spacial score (nSPS) is 19.8. The van der Waals surface area contributed by atoms with Gasteiger partial charge in [0, 0.05) is 22.3 Å². The minimum atomic E-state index is 0.220. The van der Waals surface area contributed by atoms with E-state index in [0.29, 0.717) is 12.0 Å². The average Bonchev–Trinajstić information content (AvgIpc) is 2.97. The lowest BCUT2D eigenvalue weighted by Crippen LogP contribution is -2.61. The van der Waals surface area contributed by atoms with Crippen molar-refractivity contribution in [3.63, 3.8) is 0 Å². The molecular weight excluding hydrogens is 457 g/mol. The molecule has 0 bridgehead atoms. The van der Waals surface area contributed by atoms with Crippen molar-refractivity contribution in [2.24, 2.45) is 0 Å². The largest absolute Gasteiger partial charge is 0.456 e. The number of ether oxygens (including phenoxy) is 1. The van der Waals surface area contributed by atoms with Crippen molar-refractivity contribution in [1.82, 2.24) is 0 Å². The fraction of sp³-hybridized carbons (Fsp3) is 0.250. The van der Waals surface area contributed by atoms with Gasteiger partial charge in [-0.2, -0.15) is 0 Å². The van der Waals surface area contributed by atoms with E-state index in [1.807, 2.05) is 42.1 Å². The molecule has 0 aliphatic carbocycles. The van der Waals surface area contributed by atoms with Crippen molar-refractivity contribution in [3.05, 3.63) is 90.5 Å². The first-order valence-electron chi connectivity index (χ1n) is 13.3. The van der Waals surface area contributed by atoms with Crippen molar-refractivity contribution < 1.29 is 4.74 Å². The second kappa shape index (κ2) is 8.78. The van der Waals surface area contributed by atoms with E-state index < -0.39 is 0 Å². The Balaban J connectivity index is 1.47. The van der Waals surface area contributed by atoms with Crippen molar-refractivity contribution >= 4 is 46.2 Å². The lowest BCUT2D eigenvalue weighted by atomic mass is 9.34. The van der Waals surface area contributed by atoms with Crippen LogP contribution in [0.2, 0.25) is 0 Å². The number of fused-ring (bicyclic) bond motifs is 4. The summed E-state index contributed by atoms with van der Waals surface area (Å²) in [6.07, 6.45) is 5.09. The van der Waals surface area contributed by atoms with Crippen molar-refractivity contribution in [1.29, 1.82) is 0 Å². The number of hydrogen-bond acceptors (Lipinski definition) is 3. The minimum Gasteiger partial charge on any atom is -0.456 e. The molecule has 0 aromatic heterocycles. The fourth-order valence-corrected chi connectivity index (χ4v) is 7.73. The highest BCUT2D eigenvalue weighted by atomic mass is 32.2. The van der Waals surface area contributed by atoms with Crippen LogP contribution >= 0.6 is 11.8 Å². The van der Waals surface area contributed by atoms with Gasteiger partial charge in [-0.1, -0.05) is 91.6 Å². The van der Waals surface area contributed by atoms with Gasteiger partial charge in [-0.3, -0.25) is 0 Å². The Morgan fingerprint density at radius 2 is 1.58 bits per heavy atom. The van der Waals surface area contributed by atoms with E-state index in [1.165, 1.54) is 68.8 Å². The summed E-state index contributed by atoms with van der Waals surface area (Å²) >= 11 is 1.87. The molecule has 0 amide bonds. The Morgan fingerprint density at radius 3 is 2.47 bits per heavy atom. The van der Waals surface area contributed by atoms with Crippen molar-refractivity contribution in [2.45, 2.75) is 61.3 Å². The number of rotatable bonds is 2. The van der Waals surface area contributed by atoms with Crippen molar-refractivity contribution in [2.75, 3.05) is 4.90 Å². The first-order chi connectivity index (χ1) is 17.7. The van der Waals surface area contributed by atoms with Crippen LogP contribution in [0.25, 0.3) is 0 Å². The Hall–Kier alpha value is -3.11. The molecule has 178 valence electrons. The van der Waals surface area contributed by atoms with Gasteiger partial charge in [0.2, 0.25) is 6.71 Å². The lowest BCUT2D eigenvalue weighted by Gasteiger charge is -2.44. The van der Waals surface area contributed by atoms with Gasteiger partial charge in [-0.25, -0.2) is 0 Å². The first-order valence-corrected chi connectivity index (χ1v) is 14.1. The zero-order valence-corrected chi connectivity index (χ0v) is 21.7. The highest BCUT2D eigenvalue weighted by Crippen LogP contribution is 2.45. The first kappa shape index (κ1) is 22.1. The van der Waals surface area contributed by atoms with E-state index in [2.05, 4.69) is 73.3 Å². The molecule has 0 spiro atoms. The van der Waals surface area contributed by atoms with E-state index >= 15 is 0 Å². The summed E-state index contributed by atoms with van der Waals surface area (Å²) < 4.78 is 6.45. The van der Waals surface area contributed by atoms with Crippen LogP contribution in [0.5, 0.6) is 11.5 Å². The molecule has 3 aliphatic rings. The van der Waals surface area contributed by atoms with Gasteiger partial charge in [-0.15, -0.1) is 0 Å². The number of benzene rings is 4. The molecule has 0 saturated carbocycles. The summed E-state index contributed by atoms with van der Waals surface area (Å²) in [5.41, 5.74) is 8.64. The third-order valence-electron chi connectivity index (χ3n) is 8.23. The maximum atomic E-state index is 6.45. The summed E-state index contributed by atoms with van der Waals surface area (Å²) in [6.45, 7) is 5.07. The number of anilines is 2. The number of para-hydroxylation sites is 2. The molecule has 0 saturated heterocycles. The van der Waals surface area contributed by atoms with Gasteiger partial charge >= 0.3 is 0 Å². The van der Waals surface area contributed by atoms with Gasteiger partial charge in [0.25, 0.3) is 0 Å². The Bertz CT molecular complexity index is 1450. The Kier molecular flexibility index (Phi) is 5.39. The predicted molar refractivity (Wildman–Crippen MR) is 153 cm³/mol. The summed E-state index contributed by atoms with van der Waals surface area (Å²) in [6, 6.07) is 31.2. The highest BCUT2D eigenvalue weighted by molar-refractivity contribution is 8.00. The van der Waals surface area contributed by atoms with E-state index in [-0.39, 0.29) is 6.71 Å².